The number of methoxy groups -OCH3 is 1. The molecule has 0 amide bonds. The molecule has 0 aromatic heterocycles. The Kier molecular flexibility index (Phi) is 2.38. The van der Waals surface area contributed by atoms with Gasteiger partial charge in [0.05, 0.1) is 7.11 Å². The van der Waals surface area contributed by atoms with Crippen molar-refractivity contribution in [2.24, 2.45) is 0 Å². The SMILES string of the molecule is C=C(C)c1cc(OC)ccc1O. The van der Waals surface area contributed by atoms with Gasteiger partial charge in [0, 0.05) is 5.56 Å². The van der Waals surface area contributed by atoms with Crippen molar-refractivity contribution < 1.29 is 9.84 Å². The molecule has 64 valence electrons. The van der Waals surface area contributed by atoms with Crippen LogP contribution in [0.1, 0.15) is 12.5 Å². The van der Waals surface area contributed by atoms with Gasteiger partial charge in [-0.25, -0.2) is 0 Å². The molecule has 1 aromatic carbocycles. The van der Waals surface area contributed by atoms with Gasteiger partial charge in [-0.3, -0.25) is 0 Å². The van der Waals surface area contributed by atoms with E-state index in [2.05, 4.69) is 6.58 Å². The lowest BCUT2D eigenvalue weighted by molar-refractivity contribution is 0.412. The maximum Gasteiger partial charge on any atom is 0.123 e. The van der Waals surface area contributed by atoms with Gasteiger partial charge in [-0.05, 0) is 30.7 Å². The van der Waals surface area contributed by atoms with Gasteiger partial charge in [-0.2, -0.15) is 0 Å². The fraction of sp³-hybridized carbons (Fsp3) is 0.200. The van der Waals surface area contributed by atoms with Crippen LogP contribution in [0.3, 0.4) is 0 Å². The second kappa shape index (κ2) is 3.30. The maximum absolute atomic E-state index is 9.38. The van der Waals surface area contributed by atoms with E-state index in [1.54, 1.807) is 25.3 Å². The molecule has 1 N–H and O–H groups in total. The summed E-state index contributed by atoms with van der Waals surface area (Å²) in [6.07, 6.45) is 0. The topological polar surface area (TPSA) is 29.5 Å². The first-order valence-electron chi connectivity index (χ1n) is 3.68. The molecule has 0 fully saturated rings. The lowest BCUT2D eigenvalue weighted by Crippen LogP contribution is -1.85. The van der Waals surface area contributed by atoms with E-state index < -0.39 is 0 Å². The average molecular weight is 164 g/mol. The average Bonchev–Trinajstić information content (AvgIpc) is 2.05. The molecule has 0 bridgehead atoms. The summed E-state index contributed by atoms with van der Waals surface area (Å²) >= 11 is 0. The number of benzene rings is 1. The van der Waals surface area contributed by atoms with Crippen LogP contribution in [0.2, 0.25) is 0 Å². The summed E-state index contributed by atoms with van der Waals surface area (Å²) in [6, 6.07) is 5.07. The third-order valence-electron chi connectivity index (χ3n) is 1.66. The summed E-state index contributed by atoms with van der Waals surface area (Å²) in [4.78, 5) is 0. The smallest absolute Gasteiger partial charge is 0.123 e. The van der Waals surface area contributed by atoms with E-state index in [-0.39, 0.29) is 5.75 Å². The van der Waals surface area contributed by atoms with Gasteiger partial charge in [0.2, 0.25) is 0 Å². The van der Waals surface area contributed by atoms with Gasteiger partial charge < -0.3 is 9.84 Å². The molecule has 0 atom stereocenters. The van der Waals surface area contributed by atoms with Crippen LogP contribution in [0, 0.1) is 0 Å². The molecule has 2 heteroatoms. The normalized spacial score (nSPS) is 9.50. The summed E-state index contributed by atoms with van der Waals surface area (Å²) in [5.74, 6) is 0.967. The van der Waals surface area contributed by atoms with Crippen molar-refractivity contribution in [3.8, 4) is 11.5 Å². The number of phenolic OH excluding ortho intramolecular Hbond substituents is 1. The highest BCUT2D eigenvalue weighted by Crippen LogP contribution is 2.27. The van der Waals surface area contributed by atoms with E-state index in [9.17, 15) is 5.11 Å². The third kappa shape index (κ3) is 1.59. The Labute approximate surface area is 72.1 Å². The van der Waals surface area contributed by atoms with Crippen LogP contribution in [-0.4, -0.2) is 12.2 Å². The predicted octanol–water partition coefficient (Wildman–Crippen LogP) is 2.43. The third-order valence-corrected chi connectivity index (χ3v) is 1.66. The second-order valence-electron chi connectivity index (χ2n) is 2.66. The second-order valence-corrected chi connectivity index (χ2v) is 2.66. The summed E-state index contributed by atoms with van der Waals surface area (Å²) in [5, 5.41) is 9.38. The highest BCUT2D eigenvalue weighted by atomic mass is 16.5. The van der Waals surface area contributed by atoms with Crippen LogP contribution in [0.4, 0.5) is 0 Å². The van der Waals surface area contributed by atoms with Gasteiger partial charge in [-0.1, -0.05) is 6.58 Å². The molecular formula is C10H12O2. The Morgan fingerprint density at radius 2 is 2.17 bits per heavy atom. The highest BCUT2D eigenvalue weighted by Gasteiger charge is 2.02. The van der Waals surface area contributed by atoms with Crippen molar-refractivity contribution in [1.82, 2.24) is 0 Å². The summed E-state index contributed by atoms with van der Waals surface area (Å²) < 4.78 is 5.01. The first-order chi connectivity index (χ1) is 5.65. The summed E-state index contributed by atoms with van der Waals surface area (Å²) in [5.41, 5.74) is 1.56. The van der Waals surface area contributed by atoms with E-state index >= 15 is 0 Å². The molecule has 0 heterocycles. The highest BCUT2D eigenvalue weighted by molar-refractivity contribution is 5.68. The van der Waals surface area contributed by atoms with Crippen molar-refractivity contribution in [3.63, 3.8) is 0 Å². The molecule has 1 aromatic rings. The lowest BCUT2D eigenvalue weighted by atomic mass is 10.1. The van der Waals surface area contributed by atoms with Gasteiger partial charge in [0.1, 0.15) is 11.5 Å². The molecule has 0 radical (unpaired) electrons. The number of aromatic hydroxyl groups is 1. The van der Waals surface area contributed by atoms with Crippen LogP contribution in [-0.2, 0) is 0 Å². The predicted molar refractivity (Wildman–Crippen MR) is 49.4 cm³/mol. The monoisotopic (exact) mass is 164 g/mol. The van der Waals surface area contributed by atoms with Crippen molar-refractivity contribution >= 4 is 5.57 Å². The quantitative estimate of drug-likeness (QED) is 0.727. The Morgan fingerprint density at radius 1 is 1.50 bits per heavy atom. The van der Waals surface area contributed by atoms with Crippen LogP contribution in [0.5, 0.6) is 11.5 Å². The Morgan fingerprint density at radius 3 is 2.67 bits per heavy atom. The molecule has 0 aliphatic rings. The maximum atomic E-state index is 9.38. The zero-order chi connectivity index (χ0) is 9.14. The van der Waals surface area contributed by atoms with Crippen molar-refractivity contribution in [3.05, 3.63) is 30.3 Å². The first kappa shape index (κ1) is 8.65. The molecule has 2 nitrogen and oxygen atoms in total. The number of ether oxygens (including phenoxy) is 1. The summed E-state index contributed by atoms with van der Waals surface area (Å²) in [7, 11) is 1.59. The number of rotatable bonds is 2. The van der Waals surface area contributed by atoms with Crippen molar-refractivity contribution in [1.29, 1.82) is 0 Å². The van der Waals surface area contributed by atoms with E-state index in [0.29, 0.717) is 0 Å². The van der Waals surface area contributed by atoms with E-state index in [1.807, 2.05) is 6.92 Å². The minimum atomic E-state index is 0.239. The van der Waals surface area contributed by atoms with Crippen molar-refractivity contribution in [2.45, 2.75) is 6.92 Å². The standard InChI is InChI=1S/C10H12O2/c1-7(2)9-6-8(12-3)4-5-10(9)11/h4-6,11H,1H2,2-3H3. The lowest BCUT2D eigenvalue weighted by Gasteiger charge is -2.05. The fourth-order valence-corrected chi connectivity index (χ4v) is 0.984. The van der Waals surface area contributed by atoms with Crippen LogP contribution in [0.25, 0.3) is 5.57 Å². The van der Waals surface area contributed by atoms with E-state index in [0.717, 1.165) is 16.9 Å². The summed E-state index contributed by atoms with van der Waals surface area (Å²) in [6.45, 7) is 5.59. The molecule has 0 spiro atoms. The fourth-order valence-electron chi connectivity index (χ4n) is 0.984. The Balaban J connectivity index is 3.17. The molecule has 0 saturated heterocycles. The molecule has 0 saturated carbocycles. The van der Waals surface area contributed by atoms with Crippen molar-refractivity contribution in [2.75, 3.05) is 7.11 Å². The number of hydrogen-bond acceptors (Lipinski definition) is 2. The first-order valence-corrected chi connectivity index (χ1v) is 3.68. The molecule has 0 aliphatic heterocycles. The Bertz CT molecular complexity index is 303. The van der Waals surface area contributed by atoms with E-state index in [1.165, 1.54) is 0 Å². The van der Waals surface area contributed by atoms with Gasteiger partial charge in [0.25, 0.3) is 0 Å². The zero-order valence-electron chi connectivity index (χ0n) is 7.29. The van der Waals surface area contributed by atoms with Gasteiger partial charge in [0.15, 0.2) is 0 Å². The van der Waals surface area contributed by atoms with Crippen LogP contribution in [0.15, 0.2) is 24.8 Å². The molecular weight excluding hydrogens is 152 g/mol. The number of phenols is 1. The number of allylic oxidation sites excluding steroid dienone is 1. The number of hydrogen-bond donors (Lipinski definition) is 1. The molecule has 0 unspecified atom stereocenters. The molecule has 12 heavy (non-hydrogen) atoms. The molecule has 0 aliphatic carbocycles. The van der Waals surface area contributed by atoms with Gasteiger partial charge in [-0.15, -0.1) is 0 Å². The van der Waals surface area contributed by atoms with Gasteiger partial charge >= 0.3 is 0 Å². The van der Waals surface area contributed by atoms with Crippen LogP contribution < -0.4 is 4.74 Å². The largest absolute Gasteiger partial charge is 0.507 e. The molecule has 1 rings (SSSR count). The minimum absolute atomic E-state index is 0.239. The van der Waals surface area contributed by atoms with E-state index in [4.69, 9.17) is 4.74 Å². The Hall–Kier alpha value is -1.44. The minimum Gasteiger partial charge on any atom is -0.507 e. The van der Waals surface area contributed by atoms with Crippen LogP contribution >= 0.6 is 0 Å². The zero-order valence-corrected chi connectivity index (χ0v) is 7.29.